The van der Waals surface area contributed by atoms with Crippen LogP contribution in [-0.2, 0) is 17.4 Å². The van der Waals surface area contributed by atoms with Gasteiger partial charge in [0.2, 0.25) is 0 Å². The maximum Gasteiger partial charge on any atom is -0.0184 e. The van der Waals surface area contributed by atoms with Crippen molar-refractivity contribution < 1.29 is 17.4 Å². The van der Waals surface area contributed by atoms with Crippen molar-refractivity contribution in [3.05, 3.63) is 71.0 Å². The smallest absolute Gasteiger partial charge is 0.0184 e. The van der Waals surface area contributed by atoms with Gasteiger partial charge in [-0.3, -0.25) is 0 Å². The van der Waals surface area contributed by atoms with Gasteiger partial charge in [0.15, 0.2) is 0 Å². The summed E-state index contributed by atoms with van der Waals surface area (Å²) in [6.45, 7) is 0. The van der Waals surface area contributed by atoms with E-state index in [0.29, 0.717) is 0 Å². The number of fused-ring (bicyclic) bond motifs is 1. The summed E-state index contributed by atoms with van der Waals surface area (Å²) in [7, 11) is 0. The van der Waals surface area contributed by atoms with E-state index in [1.54, 1.807) is 0 Å². The van der Waals surface area contributed by atoms with E-state index in [9.17, 15) is 0 Å². The van der Waals surface area contributed by atoms with Crippen LogP contribution in [0, 0.1) is 0 Å². The minimum absolute atomic E-state index is 1.14. The zero-order chi connectivity index (χ0) is 11.2. The van der Waals surface area contributed by atoms with Gasteiger partial charge in [-0.05, 0) is 10.8 Å². The van der Waals surface area contributed by atoms with Crippen molar-refractivity contribution in [3.63, 3.8) is 0 Å². The fourth-order valence-corrected chi connectivity index (χ4v) is 1.87. The van der Waals surface area contributed by atoms with Crippen LogP contribution < -0.4 is 0 Å². The Morgan fingerprint density at radius 2 is 1.31 bits per heavy atom. The monoisotopic (exact) mass is 244 g/mol. The Labute approximate surface area is 106 Å². The van der Waals surface area contributed by atoms with E-state index in [4.69, 9.17) is 0 Å². The molecule has 78 valence electrons. The van der Waals surface area contributed by atoms with E-state index in [0.717, 1.165) is 6.42 Å². The predicted octanol–water partition coefficient (Wildman–Crippen LogP) is 4.22. The van der Waals surface area contributed by atoms with Gasteiger partial charge in [-0.2, -0.15) is 0 Å². The largest absolute Gasteiger partial charge is 0.0616 e. The van der Waals surface area contributed by atoms with Crippen molar-refractivity contribution in [2.45, 2.75) is 6.42 Å². The van der Waals surface area contributed by atoms with Gasteiger partial charge >= 0.3 is 46.4 Å². The third kappa shape index (κ3) is 3.13. The van der Waals surface area contributed by atoms with E-state index in [1.807, 2.05) is 0 Å². The molecule has 0 amide bonds. The van der Waals surface area contributed by atoms with Crippen molar-refractivity contribution in [3.8, 4) is 0 Å². The predicted molar refractivity (Wildman–Crippen MR) is 65.8 cm³/mol. The minimum atomic E-state index is 1.14. The minimum Gasteiger partial charge on any atom is -0.0616 e. The van der Waals surface area contributed by atoms with Crippen LogP contribution in [0.3, 0.4) is 0 Å². The summed E-state index contributed by atoms with van der Waals surface area (Å²) in [5, 5.41) is 2.62. The van der Waals surface area contributed by atoms with Crippen LogP contribution in [0.15, 0.2) is 71.0 Å². The number of allylic oxidation sites excluding steroid dienone is 4. The van der Waals surface area contributed by atoms with Gasteiger partial charge in [-0.25, -0.2) is 0 Å². The Hall–Kier alpha value is -1.24. The summed E-state index contributed by atoms with van der Waals surface area (Å²) in [5.74, 6) is 0. The van der Waals surface area contributed by atoms with Crippen molar-refractivity contribution in [2.75, 3.05) is 0 Å². The van der Waals surface area contributed by atoms with Crippen LogP contribution >= 0.6 is 0 Å². The molecule has 0 unspecified atom stereocenters. The molecule has 0 bridgehead atoms. The Balaban J connectivity index is 0.000000138. The number of hydrogen-bond donors (Lipinski definition) is 0. The molecule has 3 rings (SSSR count). The van der Waals surface area contributed by atoms with Gasteiger partial charge in [0.1, 0.15) is 0 Å². The molecule has 2 aromatic carbocycles. The number of benzene rings is 2. The normalized spacial score (nSPS) is 13.1. The molecule has 2 aromatic rings. The first-order valence-electron chi connectivity index (χ1n) is 5.35. The number of rotatable bonds is 0. The fourth-order valence-electron chi connectivity index (χ4n) is 1.57. The maximum absolute atomic E-state index is 2.54. The van der Waals surface area contributed by atoms with E-state index < -0.39 is 0 Å². The second-order valence-corrected chi connectivity index (χ2v) is 4.53. The molecule has 0 N–H and O–H groups in total. The molecule has 0 aromatic heterocycles. The molecule has 1 aliphatic rings. The fraction of sp³-hybridized carbons (Fsp3) is 0.0667. The third-order valence-corrected chi connectivity index (χ3v) is 2.93. The molecular weight excluding hydrogens is 231 g/mol. The molecule has 0 spiro atoms. The molecule has 0 heterocycles. The molecule has 1 aliphatic carbocycles. The van der Waals surface area contributed by atoms with Gasteiger partial charge < -0.3 is 0 Å². The van der Waals surface area contributed by atoms with Crippen LogP contribution in [0.5, 0.6) is 0 Å². The average Bonchev–Trinajstić information content (AvgIpc) is 2.81. The van der Waals surface area contributed by atoms with Crippen LogP contribution in [0.4, 0.5) is 0 Å². The SMILES string of the molecule is [V][C]1=CC=CC1.c1ccc2ccccc2c1. The second-order valence-electron chi connectivity index (χ2n) is 3.64. The first-order chi connectivity index (χ1) is 7.86. The second kappa shape index (κ2) is 5.74. The van der Waals surface area contributed by atoms with E-state index >= 15 is 0 Å². The Kier molecular flexibility index (Phi) is 4.04. The summed E-state index contributed by atoms with van der Waals surface area (Å²) in [6.07, 6.45) is 7.47. The zero-order valence-corrected chi connectivity index (χ0v) is 10.4. The van der Waals surface area contributed by atoms with Crippen molar-refractivity contribution in [1.82, 2.24) is 0 Å². The van der Waals surface area contributed by atoms with Gasteiger partial charge in [0.25, 0.3) is 0 Å². The zero-order valence-electron chi connectivity index (χ0n) is 9.01. The summed E-state index contributed by atoms with van der Waals surface area (Å²) < 4.78 is 1.41. The molecule has 16 heavy (non-hydrogen) atoms. The summed E-state index contributed by atoms with van der Waals surface area (Å²) >= 11 is 2.54. The first-order valence-corrected chi connectivity index (χ1v) is 6.04. The third-order valence-electron chi connectivity index (χ3n) is 2.41. The van der Waals surface area contributed by atoms with Crippen LogP contribution in [0.2, 0.25) is 0 Å². The topological polar surface area (TPSA) is 0 Å². The van der Waals surface area contributed by atoms with Gasteiger partial charge in [0, 0.05) is 0 Å². The van der Waals surface area contributed by atoms with E-state index in [-0.39, 0.29) is 0 Å². The molecule has 0 saturated heterocycles. The van der Waals surface area contributed by atoms with Crippen LogP contribution in [0.1, 0.15) is 6.42 Å². The quantitative estimate of drug-likeness (QED) is 0.651. The summed E-state index contributed by atoms with van der Waals surface area (Å²) in [4.78, 5) is 0. The maximum atomic E-state index is 2.54. The molecule has 0 atom stereocenters. The van der Waals surface area contributed by atoms with Gasteiger partial charge in [0.05, 0.1) is 0 Å². The van der Waals surface area contributed by atoms with Crippen molar-refractivity contribution in [1.29, 1.82) is 0 Å². The molecule has 1 heteroatoms. The van der Waals surface area contributed by atoms with Crippen molar-refractivity contribution >= 4 is 10.8 Å². The Bertz CT molecular complexity index is 458. The Morgan fingerprint density at radius 1 is 0.812 bits per heavy atom. The van der Waals surface area contributed by atoms with Crippen LogP contribution in [0.25, 0.3) is 10.8 Å². The number of hydrogen-bond acceptors (Lipinski definition) is 0. The van der Waals surface area contributed by atoms with Crippen molar-refractivity contribution in [2.24, 2.45) is 0 Å². The molecule has 0 aliphatic heterocycles. The average molecular weight is 244 g/mol. The Morgan fingerprint density at radius 3 is 1.56 bits per heavy atom. The van der Waals surface area contributed by atoms with E-state index in [1.165, 1.54) is 15.1 Å². The standard InChI is InChI=1S/C10H8.C5H5.V/c1-2-6-10-8-4-3-7-9(10)5-1;1-2-4-5-3-1;/h1-8H;1-3H,4H2;. The van der Waals surface area contributed by atoms with Crippen LogP contribution in [-0.4, -0.2) is 0 Å². The molecule has 0 fully saturated rings. The molecule has 0 nitrogen and oxygen atoms in total. The van der Waals surface area contributed by atoms with E-state index in [2.05, 4.69) is 84.2 Å². The summed E-state index contributed by atoms with van der Waals surface area (Å²) in [6, 6.07) is 16.7. The molecule has 0 saturated carbocycles. The molecule has 0 radical (unpaired) electrons. The first kappa shape index (κ1) is 11.3. The summed E-state index contributed by atoms with van der Waals surface area (Å²) in [5.41, 5.74) is 0. The molecular formula is C15H13V. The van der Waals surface area contributed by atoms with Gasteiger partial charge in [-0.15, -0.1) is 0 Å². The van der Waals surface area contributed by atoms with Gasteiger partial charge in [-0.1, -0.05) is 48.5 Å².